The Morgan fingerprint density at radius 2 is 2.31 bits per heavy atom. The minimum Gasteiger partial charge on any atom is -0.376 e. The SMILES string of the molecule is CC(OCC1CCCO1)C(=O)NS(C)(=O)=O. The first-order chi connectivity index (χ1) is 7.38. The Morgan fingerprint density at radius 3 is 2.81 bits per heavy atom. The van der Waals surface area contributed by atoms with Crippen molar-refractivity contribution >= 4 is 15.9 Å². The molecule has 6 nitrogen and oxygen atoms in total. The van der Waals surface area contributed by atoms with E-state index in [9.17, 15) is 13.2 Å². The molecule has 1 rings (SSSR count). The summed E-state index contributed by atoms with van der Waals surface area (Å²) in [7, 11) is -3.52. The molecule has 0 aromatic heterocycles. The number of carbonyl (C=O) groups is 1. The number of hydrogen-bond acceptors (Lipinski definition) is 5. The standard InChI is InChI=1S/C9H17NO5S/c1-7(9(11)10-16(2,12)13)15-6-8-4-3-5-14-8/h7-8H,3-6H2,1-2H3,(H,10,11). The summed E-state index contributed by atoms with van der Waals surface area (Å²) in [4.78, 5) is 11.3. The first-order valence-corrected chi connectivity index (χ1v) is 7.02. The number of ether oxygens (including phenoxy) is 2. The van der Waals surface area contributed by atoms with Gasteiger partial charge >= 0.3 is 0 Å². The number of amides is 1. The fourth-order valence-electron chi connectivity index (χ4n) is 1.37. The highest BCUT2D eigenvalue weighted by molar-refractivity contribution is 7.89. The fraction of sp³-hybridized carbons (Fsp3) is 0.889. The minimum atomic E-state index is -3.52. The molecule has 0 radical (unpaired) electrons. The molecule has 1 aliphatic rings. The van der Waals surface area contributed by atoms with Gasteiger partial charge in [0.1, 0.15) is 6.10 Å². The first kappa shape index (κ1) is 13.4. The first-order valence-electron chi connectivity index (χ1n) is 5.13. The molecule has 0 aromatic rings. The summed E-state index contributed by atoms with van der Waals surface area (Å²) in [6.07, 6.45) is 2.07. The molecule has 0 aromatic carbocycles. The lowest BCUT2D eigenvalue weighted by Crippen LogP contribution is -2.38. The van der Waals surface area contributed by atoms with E-state index in [0.29, 0.717) is 6.61 Å². The predicted molar refractivity (Wildman–Crippen MR) is 57.4 cm³/mol. The van der Waals surface area contributed by atoms with Crippen LogP contribution in [0.2, 0.25) is 0 Å². The van der Waals surface area contributed by atoms with Crippen molar-refractivity contribution in [2.45, 2.75) is 32.0 Å². The van der Waals surface area contributed by atoms with Crippen molar-refractivity contribution < 1.29 is 22.7 Å². The van der Waals surface area contributed by atoms with Gasteiger partial charge in [-0.15, -0.1) is 0 Å². The maximum absolute atomic E-state index is 11.3. The van der Waals surface area contributed by atoms with Crippen LogP contribution in [0.5, 0.6) is 0 Å². The van der Waals surface area contributed by atoms with Crippen LogP contribution in [-0.4, -0.2) is 46.0 Å². The van der Waals surface area contributed by atoms with Crippen LogP contribution in [0.25, 0.3) is 0 Å². The van der Waals surface area contributed by atoms with Crippen LogP contribution in [-0.2, 0) is 24.3 Å². The van der Waals surface area contributed by atoms with E-state index in [1.165, 1.54) is 6.92 Å². The van der Waals surface area contributed by atoms with E-state index < -0.39 is 22.0 Å². The lowest BCUT2D eigenvalue weighted by atomic mass is 10.2. The molecule has 0 bridgehead atoms. The lowest BCUT2D eigenvalue weighted by Gasteiger charge is -2.15. The Bertz CT molecular complexity index is 334. The van der Waals surface area contributed by atoms with Crippen LogP contribution >= 0.6 is 0 Å². The lowest BCUT2D eigenvalue weighted by molar-refractivity contribution is -0.131. The normalized spacial score (nSPS) is 23.0. The maximum atomic E-state index is 11.3. The number of nitrogens with one attached hydrogen (secondary N) is 1. The van der Waals surface area contributed by atoms with Crippen LogP contribution in [0.4, 0.5) is 0 Å². The molecule has 94 valence electrons. The zero-order valence-corrected chi connectivity index (χ0v) is 10.2. The summed E-state index contributed by atoms with van der Waals surface area (Å²) >= 11 is 0. The van der Waals surface area contributed by atoms with Crippen LogP contribution < -0.4 is 4.72 Å². The van der Waals surface area contributed by atoms with E-state index in [-0.39, 0.29) is 6.10 Å². The van der Waals surface area contributed by atoms with Gasteiger partial charge < -0.3 is 9.47 Å². The molecule has 0 spiro atoms. The molecule has 1 heterocycles. The monoisotopic (exact) mass is 251 g/mol. The number of sulfonamides is 1. The molecular formula is C9H17NO5S. The highest BCUT2D eigenvalue weighted by atomic mass is 32.2. The Morgan fingerprint density at radius 1 is 1.62 bits per heavy atom. The number of carbonyl (C=O) groups excluding carboxylic acids is 1. The molecule has 1 fully saturated rings. The molecule has 1 aliphatic heterocycles. The van der Waals surface area contributed by atoms with E-state index in [1.54, 1.807) is 0 Å². The predicted octanol–water partition coefficient (Wildman–Crippen LogP) is -0.354. The molecule has 16 heavy (non-hydrogen) atoms. The summed E-state index contributed by atoms with van der Waals surface area (Å²) < 4.78 is 34.0. The van der Waals surface area contributed by atoms with Gasteiger partial charge in [0.05, 0.1) is 19.0 Å². The second-order valence-corrected chi connectivity index (χ2v) is 5.60. The van der Waals surface area contributed by atoms with E-state index in [1.807, 2.05) is 4.72 Å². The van der Waals surface area contributed by atoms with E-state index >= 15 is 0 Å². The number of rotatable bonds is 5. The van der Waals surface area contributed by atoms with Gasteiger partial charge in [-0.3, -0.25) is 9.52 Å². The zero-order valence-electron chi connectivity index (χ0n) is 9.43. The third-order valence-electron chi connectivity index (χ3n) is 2.21. The van der Waals surface area contributed by atoms with E-state index in [2.05, 4.69) is 0 Å². The molecule has 1 N–H and O–H groups in total. The van der Waals surface area contributed by atoms with Crippen molar-refractivity contribution in [3.05, 3.63) is 0 Å². The van der Waals surface area contributed by atoms with Crippen molar-refractivity contribution in [1.82, 2.24) is 4.72 Å². The van der Waals surface area contributed by atoms with Crippen LogP contribution in [0.15, 0.2) is 0 Å². The molecule has 1 saturated heterocycles. The Kier molecular flexibility index (Phi) is 4.69. The highest BCUT2D eigenvalue weighted by Gasteiger charge is 2.21. The second-order valence-electron chi connectivity index (χ2n) is 3.85. The zero-order chi connectivity index (χ0) is 12.2. The molecule has 0 aliphatic carbocycles. The summed E-state index contributed by atoms with van der Waals surface area (Å²) in [5, 5.41) is 0. The van der Waals surface area contributed by atoms with Crippen molar-refractivity contribution in [2.24, 2.45) is 0 Å². The van der Waals surface area contributed by atoms with Crippen molar-refractivity contribution in [3.63, 3.8) is 0 Å². The smallest absolute Gasteiger partial charge is 0.262 e. The molecule has 7 heteroatoms. The van der Waals surface area contributed by atoms with Crippen LogP contribution in [0.1, 0.15) is 19.8 Å². The third kappa shape index (κ3) is 4.91. The quantitative estimate of drug-likeness (QED) is 0.722. The van der Waals surface area contributed by atoms with E-state index in [0.717, 1.165) is 25.7 Å². The van der Waals surface area contributed by atoms with Crippen LogP contribution in [0, 0.1) is 0 Å². The van der Waals surface area contributed by atoms with Gasteiger partial charge in [-0.1, -0.05) is 0 Å². The average molecular weight is 251 g/mol. The summed E-state index contributed by atoms with van der Waals surface area (Å²) in [6.45, 7) is 2.55. The van der Waals surface area contributed by atoms with Gasteiger partial charge in [-0.05, 0) is 19.8 Å². The van der Waals surface area contributed by atoms with Crippen molar-refractivity contribution in [2.75, 3.05) is 19.5 Å². The molecule has 2 unspecified atom stereocenters. The number of hydrogen-bond donors (Lipinski definition) is 1. The van der Waals surface area contributed by atoms with Gasteiger partial charge in [0, 0.05) is 6.61 Å². The molecule has 2 atom stereocenters. The molecular weight excluding hydrogens is 234 g/mol. The Balaban J connectivity index is 2.28. The van der Waals surface area contributed by atoms with Gasteiger partial charge in [-0.2, -0.15) is 0 Å². The maximum Gasteiger partial charge on any atom is 0.262 e. The Hall–Kier alpha value is -0.660. The van der Waals surface area contributed by atoms with Crippen molar-refractivity contribution in [1.29, 1.82) is 0 Å². The minimum absolute atomic E-state index is 0.0217. The van der Waals surface area contributed by atoms with Gasteiger partial charge in [0.2, 0.25) is 10.0 Å². The third-order valence-corrected chi connectivity index (χ3v) is 2.78. The largest absolute Gasteiger partial charge is 0.376 e. The van der Waals surface area contributed by atoms with Crippen LogP contribution in [0.3, 0.4) is 0 Å². The van der Waals surface area contributed by atoms with E-state index in [4.69, 9.17) is 9.47 Å². The fourth-order valence-corrected chi connectivity index (χ4v) is 1.90. The van der Waals surface area contributed by atoms with Gasteiger partial charge in [-0.25, -0.2) is 8.42 Å². The van der Waals surface area contributed by atoms with Gasteiger partial charge in [0.15, 0.2) is 0 Å². The average Bonchev–Trinajstić information content (AvgIpc) is 2.63. The summed E-state index contributed by atoms with van der Waals surface area (Å²) in [5.41, 5.74) is 0. The molecule has 1 amide bonds. The summed E-state index contributed by atoms with van der Waals surface area (Å²) in [5.74, 6) is -0.652. The topological polar surface area (TPSA) is 81.7 Å². The Labute approximate surface area is 95.4 Å². The molecule has 0 saturated carbocycles. The van der Waals surface area contributed by atoms with Gasteiger partial charge in [0.25, 0.3) is 5.91 Å². The second kappa shape index (κ2) is 5.60. The highest BCUT2D eigenvalue weighted by Crippen LogP contribution is 2.12. The van der Waals surface area contributed by atoms with Crippen molar-refractivity contribution in [3.8, 4) is 0 Å². The summed E-state index contributed by atoms with van der Waals surface area (Å²) in [6, 6.07) is 0.